The average molecular weight is 564 g/mol. The van der Waals surface area contributed by atoms with Crippen LogP contribution in [0, 0.1) is 0 Å². The quantitative estimate of drug-likeness (QED) is 0.194. The minimum Gasteiger partial charge on any atom is -0.256 e. The molecule has 0 saturated heterocycles. The van der Waals surface area contributed by atoms with E-state index in [-0.39, 0.29) is 0 Å². The lowest BCUT2D eigenvalue weighted by molar-refractivity contribution is 0.998. The number of fused-ring (bicyclic) bond motifs is 5. The molecule has 3 aliphatic carbocycles. The van der Waals surface area contributed by atoms with Crippen LogP contribution < -0.4 is 0 Å². The molecular formula is C43H33N. The van der Waals surface area contributed by atoms with Crippen LogP contribution >= 0.6 is 0 Å². The highest BCUT2D eigenvalue weighted by Crippen LogP contribution is 2.56. The fraction of sp³-hybridized carbons (Fsp3) is 0.0465. The van der Waals surface area contributed by atoms with Crippen LogP contribution in [0.25, 0.3) is 52.1 Å². The number of allylic oxidation sites excluding steroid dienone is 10. The van der Waals surface area contributed by atoms with E-state index in [9.17, 15) is 0 Å². The summed E-state index contributed by atoms with van der Waals surface area (Å²) < 4.78 is 0. The molecule has 0 radical (unpaired) electrons. The fourth-order valence-electron chi connectivity index (χ4n) is 6.51. The molecule has 0 aromatic heterocycles. The molecule has 0 bridgehead atoms. The summed E-state index contributed by atoms with van der Waals surface area (Å²) in [5.41, 5.74) is 15.6. The van der Waals surface area contributed by atoms with Gasteiger partial charge in [0.15, 0.2) is 0 Å². The highest BCUT2D eigenvalue weighted by Gasteiger charge is 2.33. The molecule has 0 atom stereocenters. The zero-order valence-corrected chi connectivity index (χ0v) is 24.7. The summed E-state index contributed by atoms with van der Waals surface area (Å²) in [6.07, 6.45) is 33.9. The molecule has 4 aromatic rings. The Morgan fingerprint density at radius 3 is 2.09 bits per heavy atom. The fourth-order valence-corrected chi connectivity index (χ4v) is 6.51. The summed E-state index contributed by atoms with van der Waals surface area (Å²) in [5, 5.41) is 0. The summed E-state index contributed by atoms with van der Waals surface area (Å²) in [5.74, 6) is 0. The van der Waals surface area contributed by atoms with E-state index >= 15 is 0 Å². The molecule has 3 aliphatic rings. The van der Waals surface area contributed by atoms with Crippen LogP contribution in [0.3, 0.4) is 0 Å². The lowest BCUT2D eigenvalue weighted by atomic mass is 9.84. The molecule has 1 heteroatoms. The summed E-state index contributed by atoms with van der Waals surface area (Å²) in [6.45, 7) is 3.97. The third-order valence-corrected chi connectivity index (χ3v) is 8.38. The van der Waals surface area contributed by atoms with E-state index in [1.165, 1.54) is 55.6 Å². The molecule has 210 valence electrons. The Balaban J connectivity index is 1.62. The van der Waals surface area contributed by atoms with Gasteiger partial charge in [0.25, 0.3) is 0 Å². The summed E-state index contributed by atoms with van der Waals surface area (Å²) in [7, 11) is 0. The number of hydrogen-bond acceptors (Lipinski definition) is 1. The Labute approximate surface area is 260 Å². The number of aliphatic imine (C=N–C) groups is 1. The van der Waals surface area contributed by atoms with Crippen molar-refractivity contribution < 1.29 is 0 Å². The largest absolute Gasteiger partial charge is 0.256 e. The van der Waals surface area contributed by atoms with Crippen LogP contribution in [-0.2, 0) is 6.42 Å². The first kappa shape index (κ1) is 27.3. The van der Waals surface area contributed by atoms with Crippen molar-refractivity contribution in [3.05, 3.63) is 179 Å². The summed E-state index contributed by atoms with van der Waals surface area (Å²) in [4.78, 5) is 5.13. The van der Waals surface area contributed by atoms with Crippen molar-refractivity contribution >= 4 is 41.8 Å². The number of benzene rings is 4. The van der Waals surface area contributed by atoms with Gasteiger partial charge in [0.1, 0.15) is 0 Å². The maximum atomic E-state index is 5.13. The molecular weight excluding hydrogens is 530 g/mol. The standard InChI is InChI=1S/C43H33N/c1-2-30-44-43-36-27-16-14-21-32-19-12-11-18-31(32)20-13-15-26-35(36)40(34-23-8-6-9-24-34)41-37-29-17-25-33-22-7-4-3-5-10-28-38(39(33)37)42(41)43/h2-6,8-21,23-30H,1,7,22H2/b4-3-,10-5-,15-13?,16-14?,20-13+,21-14-,26-15+,27-16-,31-20?,32-21?,35-26?,36-27?,38-28+,44-30?. The predicted octanol–water partition coefficient (Wildman–Crippen LogP) is 11.5. The average Bonchev–Trinajstić information content (AvgIpc) is 3.38. The van der Waals surface area contributed by atoms with Crippen molar-refractivity contribution in [2.24, 2.45) is 4.99 Å². The normalized spacial score (nSPS) is 20.2. The lowest BCUT2D eigenvalue weighted by Gasteiger charge is -2.20. The van der Waals surface area contributed by atoms with Crippen molar-refractivity contribution in [1.82, 2.24) is 0 Å². The molecule has 0 heterocycles. The molecule has 0 saturated carbocycles. The van der Waals surface area contributed by atoms with E-state index in [1.807, 2.05) is 6.21 Å². The maximum absolute atomic E-state index is 5.13. The number of hydrogen-bond donors (Lipinski definition) is 0. The van der Waals surface area contributed by atoms with Gasteiger partial charge in [-0.15, -0.1) is 0 Å². The second kappa shape index (κ2) is 12.4. The third kappa shape index (κ3) is 5.03. The molecule has 0 N–H and O–H groups in total. The molecule has 7 rings (SSSR count). The molecule has 44 heavy (non-hydrogen) atoms. The smallest absolute Gasteiger partial charge is 0.0793 e. The highest BCUT2D eigenvalue weighted by atomic mass is 14.7. The van der Waals surface area contributed by atoms with Gasteiger partial charge < -0.3 is 0 Å². The molecule has 0 aliphatic heterocycles. The second-order valence-corrected chi connectivity index (χ2v) is 11.0. The van der Waals surface area contributed by atoms with Crippen LogP contribution in [0.2, 0.25) is 0 Å². The van der Waals surface area contributed by atoms with Gasteiger partial charge in [0.05, 0.1) is 5.69 Å². The van der Waals surface area contributed by atoms with E-state index in [0.717, 1.165) is 29.7 Å². The van der Waals surface area contributed by atoms with Crippen LogP contribution in [0.4, 0.5) is 5.69 Å². The first-order chi connectivity index (χ1) is 21.8. The molecule has 0 amide bonds. The zero-order valence-electron chi connectivity index (χ0n) is 24.7. The van der Waals surface area contributed by atoms with Gasteiger partial charge in [-0.3, -0.25) is 4.99 Å². The van der Waals surface area contributed by atoms with Gasteiger partial charge in [0.2, 0.25) is 0 Å². The Morgan fingerprint density at radius 1 is 0.591 bits per heavy atom. The Hall–Kier alpha value is -5.53. The molecule has 4 aromatic carbocycles. The van der Waals surface area contributed by atoms with Gasteiger partial charge in [-0.05, 0) is 62.9 Å². The minimum absolute atomic E-state index is 0.958. The zero-order chi connectivity index (χ0) is 29.7. The summed E-state index contributed by atoms with van der Waals surface area (Å²) in [6, 6.07) is 26.1. The van der Waals surface area contributed by atoms with Crippen molar-refractivity contribution in [3.8, 4) is 22.3 Å². The van der Waals surface area contributed by atoms with E-state index < -0.39 is 0 Å². The van der Waals surface area contributed by atoms with Crippen molar-refractivity contribution in [3.63, 3.8) is 0 Å². The van der Waals surface area contributed by atoms with Gasteiger partial charge in [-0.2, -0.15) is 0 Å². The lowest BCUT2D eigenvalue weighted by Crippen LogP contribution is -1.97. The van der Waals surface area contributed by atoms with E-state index in [2.05, 4.69) is 158 Å². The predicted molar refractivity (Wildman–Crippen MR) is 192 cm³/mol. The topological polar surface area (TPSA) is 12.4 Å². The second-order valence-electron chi connectivity index (χ2n) is 11.0. The van der Waals surface area contributed by atoms with Crippen molar-refractivity contribution in [1.29, 1.82) is 0 Å². The molecule has 0 unspecified atom stereocenters. The van der Waals surface area contributed by atoms with Crippen LogP contribution in [0.5, 0.6) is 0 Å². The van der Waals surface area contributed by atoms with Gasteiger partial charge in [-0.1, -0.05) is 164 Å². The monoisotopic (exact) mass is 563 g/mol. The van der Waals surface area contributed by atoms with E-state index in [4.69, 9.17) is 4.99 Å². The number of rotatable bonds is 3. The van der Waals surface area contributed by atoms with Gasteiger partial charge in [-0.25, -0.2) is 0 Å². The first-order valence-corrected chi connectivity index (χ1v) is 15.2. The molecule has 1 nitrogen and oxygen atoms in total. The SMILES string of the molecule is C=CC=Nc1c2c(c(-c3ccccc3)c3c1/C1=C/C=C\C=C/CCc4cccc-3c41)/C=C/C=C/c1ccccc1/C=C\C=C/2. The minimum atomic E-state index is 0.958. The number of aryl methyl sites for hydroxylation is 1. The Kier molecular flexibility index (Phi) is 7.68. The maximum Gasteiger partial charge on any atom is 0.0793 e. The first-order valence-electron chi connectivity index (χ1n) is 15.2. The molecule has 0 spiro atoms. The number of nitrogens with zero attached hydrogens (tertiary/aromatic N) is 1. The van der Waals surface area contributed by atoms with E-state index in [1.54, 1.807) is 6.08 Å². The summed E-state index contributed by atoms with van der Waals surface area (Å²) >= 11 is 0. The van der Waals surface area contributed by atoms with Crippen LogP contribution in [-0.4, -0.2) is 6.21 Å². The van der Waals surface area contributed by atoms with Gasteiger partial charge >= 0.3 is 0 Å². The van der Waals surface area contributed by atoms with Crippen LogP contribution in [0.1, 0.15) is 45.4 Å². The third-order valence-electron chi connectivity index (χ3n) is 8.38. The van der Waals surface area contributed by atoms with Crippen molar-refractivity contribution in [2.45, 2.75) is 12.8 Å². The van der Waals surface area contributed by atoms with Crippen LogP contribution in [0.15, 0.2) is 145 Å². The molecule has 0 fully saturated rings. The van der Waals surface area contributed by atoms with Crippen molar-refractivity contribution in [2.75, 3.05) is 0 Å². The Bertz CT molecular complexity index is 2000. The highest BCUT2D eigenvalue weighted by molar-refractivity contribution is 6.14. The van der Waals surface area contributed by atoms with E-state index in [0.29, 0.717) is 0 Å². The van der Waals surface area contributed by atoms with Gasteiger partial charge in [0, 0.05) is 22.9 Å². The Morgan fingerprint density at radius 2 is 1.32 bits per heavy atom.